The second kappa shape index (κ2) is 20.5. The van der Waals surface area contributed by atoms with Gasteiger partial charge in [-0.05, 0) is 76.0 Å². The highest BCUT2D eigenvalue weighted by Crippen LogP contribution is 2.58. The summed E-state index contributed by atoms with van der Waals surface area (Å²) in [5, 5.41) is 19.2. The van der Waals surface area contributed by atoms with E-state index in [0.717, 1.165) is 32.1 Å². The van der Waals surface area contributed by atoms with Crippen LogP contribution >= 0.6 is 0 Å². The van der Waals surface area contributed by atoms with Crippen molar-refractivity contribution in [2.75, 3.05) is 39.6 Å². The van der Waals surface area contributed by atoms with Gasteiger partial charge in [-0.2, -0.15) is 0 Å². The van der Waals surface area contributed by atoms with Crippen LogP contribution in [0, 0.1) is 16.7 Å². The number of aliphatic hydroxyl groups excluding tert-OH is 2. The van der Waals surface area contributed by atoms with Crippen LogP contribution in [-0.2, 0) is 38.1 Å². The Labute approximate surface area is 256 Å². The summed E-state index contributed by atoms with van der Waals surface area (Å²) in [5.41, 5.74) is -0.983. The van der Waals surface area contributed by atoms with Gasteiger partial charge in [-0.1, -0.05) is 38.3 Å². The zero-order valence-electron chi connectivity index (χ0n) is 26.2. The van der Waals surface area contributed by atoms with E-state index in [1.807, 2.05) is 6.08 Å². The Morgan fingerprint density at radius 2 is 1.30 bits per heavy atom. The molecule has 2 saturated carbocycles. The molecule has 0 bridgehead atoms. The lowest BCUT2D eigenvalue weighted by atomic mass is 9.52. The zero-order chi connectivity index (χ0) is 31.4. The average Bonchev–Trinajstić information content (AvgIpc) is 2.95. The molecule has 1 atom stereocenters. The number of hydrogen-bond donors (Lipinski definition) is 2. The number of unbranched alkanes of at least 4 members (excludes halogenated alkanes) is 5. The van der Waals surface area contributed by atoms with Gasteiger partial charge in [0, 0.05) is 25.9 Å². The van der Waals surface area contributed by atoms with Crippen molar-refractivity contribution in [1.82, 2.24) is 0 Å². The monoisotopic (exact) mass is 610 g/mol. The Morgan fingerprint density at radius 1 is 0.744 bits per heavy atom. The van der Waals surface area contributed by atoms with Crippen molar-refractivity contribution in [2.24, 2.45) is 16.7 Å². The molecule has 2 rings (SSSR count). The van der Waals surface area contributed by atoms with Gasteiger partial charge < -0.3 is 29.2 Å². The lowest BCUT2D eigenvalue weighted by Gasteiger charge is -2.53. The number of esters is 4. The molecule has 0 heterocycles. The normalized spacial score (nSPS) is 17.1. The van der Waals surface area contributed by atoms with Crippen LogP contribution in [0.15, 0.2) is 12.2 Å². The topological polar surface area (TPSA) is 146 Å². The van der Waals surface area contributed by atoms with Gasteiger partial charge in [0.25, 0.3) is 0 Å². The molecule has 0 aromatic carbocycles. The lowest BCUT2D eigenvalue weighted by Crippen LogP contribution is -2.48. The SMILES string of the molecule is CCCCC/C=C\CCOC(=O)CCCCC(=O)OCC(CO)(COC(=O)CCCCO)COC(=O)C1CC2(CCC2)C1. The van der Waals surface area contributed by atoms with E-state index in [1.54, 1.807) is 0 Å². The second-order valence-corrected chi connectivity index (χ2v) is 12.4. The van der Waals surface area contributed by atoms with Crippen molar-refractivity contribution < 1.29 is 48.3 Å². The van der Waals surface area contributed by atoms with Crippen molar-refractivity contribution in [3.05, 3.63) is 12.2 Å². The molecule has 10 heteroatoms. The quantitative estimate of drug-likeness (QED) is 0.0665. The van der Waals surface area contributed by atoms with Gasteiger partial charge >= 0.3 is 23.9 Å². The van der Waals surface area contributed by atoms with E-state index in [9.17, 15) is 24.3 Å². The van der Waals surface area contributed by atoms with Crippen molar-refractivity contribution in [1.29, 1.82) is 0 Å². The Hall–Kier alpha value is -2.46. The van der Waals surface area contributed by atoms with Crippen molar-refractivity contribution in [3.8, 4) is 0 Å². The molecule has 2 N–H and O–H groups in total. The first-order valence-electron chi connectivity index (χ1n) is 16.3. The summed E-state index contributed by atoms with van der Waals surface area (Å²) in [5.74, 6) is -1.84. The number of carbonyl (C=O) groups excluding carboxylic acids is 4. The number of aliphatic hydroxyl groups is 2. The summed E-state index contributed by atoms with van der Waals surface area (Å²) in [6, 6.07) is 0. The lowest BCUT2D eigenvalue weighted by molar-refractivity contribution is -0.174. The highest BCUT2D eigenvalue weighted by atomic mass is 16.6. The van der Waals surface area contributed by atoms with E-state index in [0.29, 0.717) is 44.1 Å². The van der Waals surface area contributed by atoms with Crippen LogP contribution in [0.25, 0.3) is 0 Å². The number of ether oxygens (including phenoxy) is 4. The van der Waals surface area contributed by atoms with Crippen LogP contribution in [0.4, 0.5) is 0 Å². The van der Waals surface area contributed by atoms with Crippen LogP contribution in [0.1, 0.15) is 116 Å². The van der Waals surface area contributed by atoms with Crippen molar-refractivity contribution in [3.63, 3.8) is 0 Å². The maximum Gasteiger partial charge on any atom is 0.308 e. The van der Waals surface area contributed by atoms with Crippen LogP contribution in [0.5, 0.6) is 0 Å². The minimum Gasteiger partial charge on any atom is -0.465 e. The Bertz CT molecular complexity index is 873. The van der Waals surface area contributed by atoms with Crippen LogP contribution in [-0.4, -0.2) is 73.7 Å². The molecule has 1 unspecified atom stereocenters. The molecule has 0 aromatic rings. The van der Waals surface area contributed by atoms with E-state index >= 15 is 0 Å². The predicted octanol–water partition coefficient (Wildman–Crippen LogP) is 4.97. The third-order valence-electron chi connectivity index (χ3n) is 8.53. The third kappa shape index (κ3) is 14.2. The van der Waals surface area contributed by atoms with Gasteiger partial charge in [0.1, 0.15) is 19.8 Å². The van der Waals surface area contributed by atoms with Crippen LogP contribution < -0.4 is 0 Å². The van der Waals surface area contributed by atoms with Gasteiger partial charge in [-0.3, -0.25) is 19.2 Å². The minimum absolute atomic E-state index is 0.0275. The smallest absolute Gasteiger partial charge is 0.308 e. The highest BCUT2D eigenvalue weighted by Gasteiger charge is 2.51. The Balaban J connectivity index is 1.72. The molecule has 2 aliphatic carbocycles. The van der Waals surface area contributed by atoms with Gasteiger partial charge in [-0.25, -0.2) is 0 Å². The molecular formula is C33H54O10. The summed E-state index contributed by atoms with van der Waals surface area (Å²) in [4.78, 5) is 49.2. The maximum atomic E-state index is 12.7. The molecule has 10 nitrogen and oxygen atoms in total. The summed E-state index contributed by atoms with van der Waals surface area (Å²) < 4.78 is 21.5. The number of allylic oxidation sites excluding steroid dienone is 1. The fourth-order valence-electron chi connectivity index (χ4n) is 5.43. The van der Waals surface area contributed by atoms with Gasteiger partial charge in [0.2, 0.25) is 0 Å². The first kappa shape index (κ1) is 36.7. The molecule has 0 amide bonds. The average molecular weight is 611 g/mol. The van der Waals surface area contributed by atoms with Crippen molar-refractivity contribution >= 4 is 23.9 Å². The molecular weight excluding hydrogens is 556 g/mol. The Kier molecular flexibility index (Phi) is 17.5. The molecule has 0 saturated heterocycles. The first-order chi connectivity index (χ1) is 20.8. The van der Waals surface area contributed by atoms with E-state index < -0.39 is 24.0 Å². The standard InChI is InChI=1S/C33H54O10/c1-2-3-4-5-6-7-12-20-40-28(36)14-8-9-15-29(37)41-24-33(23-35,25-42-30(38)16-10-11-19-34)26-43-31(39)27-21-32(22-27)17-13-18-32/h6-7,27,34-35H,2-5,8-26H2,1H3/b7-6-. The predicted molar refractivity (Wildman–Crippen MR) is 160 cm³/mol. The van der Waals surface area contributed by atoms with E-state index in [2.05, 4.69) is 13.0 Å². The molecule has 0 aromatic heterocycles. The molecule has 2 fully saturated rings. The van der Waals surface area contributed by atoms with Gasteiger partial charge in [0.15, 0.2) is 0 Å². The summed E-state index contributed by atoms with van der Waals surface area (Å²) in [6.45, 7) is 1.14. The fraction of sp³-hybridized carbons (Fsp3) is 0.818. The molecule has 246 valence electrons. The second-order valence-electron chi connectivity index (χ2n) is 12.4. The van der Waals surface area contributed by atoms with Crippen LogP contribution in [0.2, 0.25) is 0 Å². The van der Waals surface area contributed by atoms with Gasteiger partial charge in [0.05, 0.1) is 24.5 Å². The van der Waals surface area contributed by atoms with Gasteiger partial charge in [-0.15, -0.1) is 0 Å². The molecule has 0 radical (unpaired) electrons. The van der Waals surface area contributed by atoms with Crippen molar-refractivity contribution in [2.45, 2.75) is 116 Å². The molecule has 43 heavy (non-hydrogen) atoms. The number of rotatable bonds is 24. The first-order valence-corrected chi connectivity index (χ1v) is 16.3. The molecule has 2 aliphatic rings. The zero-order valence-corrected chi connectivity index (χ0v) is 26.2. The molecule has 1 spiro atoms. The number of carbonyl (C=O) groups is 4. The van der Waals surface area contributed by atoms with E-state index in [1.165, 1.54) is 25.7 Å². The minimum atomic E-state index is -1.29. The van der Waals surface area contributed by atoms with E-state index in [4.69, 9.17) is 24.1 Å². The largest absolute Gasteiger partial charge is 0.465 e. The maximum absolute atomic E-state index is 12.7. The highest BCUT2D eigenvalue weighted by molar-refractivity contribution is 5.74. The van der Waals surface area contributed by atoms with Crippen LogP contribution in [0.3, 0.4) is 0 Å². The summed E-state index contributed by atoms with van der Waals surface area (Å²) in [6.07, 6.45) is 16.8. The molecule has 0 aliphatic heterocycles. The Morgan fingerprint density at radius 3 is 1.84 bits per heavy atom. The fourth-order valence-corrected chi connectivity index (χ4v) is 5.43. The number of hydrogen-bond acceptors (Lipinski definition) is 10. The summed E-state index contributed by atoms with van der Waals surface area (Å²) >= 11 is 0. The van der Waals surface area contributed by atoms with E-state index in [-0.39, 0.29) is 63.5 Å². The summed E-state index contributed by atoms with van der Waals surface area (Å²) in [7, 11) is 0. The third-order valence-corrected chi connectivity index (χ3v) is 8.53.